The van der Waals surface area contributed by atoms with Crippen LogP contribution in [0, 0.1) is 0 Å². The number of carbonyl (C=O) groups excluding carboxylic acids is 1. The van der Waals surface area contributed by atoms with E-state index in [4.69, 9.17) is 4.74 Å². The number of ether oxygens (including phenoxy) is 1. The molecule has 0 amide bonds. The molecule has 0 aromatic heterocycles. The molecule has 6 nitrogen and oxygen atoms in total. The number of rotatable bonds is 8. The van der Waals surface area contributed by atoms with E-state index in [0.29, 0.717) is 18.5 Å². The van der Waals surface area contributed by atoms with E-state index in [2.05, 4.69) is 10.0 Å². The number of carbonyl (C=O) groups is 1. The third-order valence-corrected chi connectivity index (χ3v) is 4.05. The molecule has 21 heavy (non-hydrogen) atoms. The Morgan fingerprint density at radius 2 is 1.81 bits per heavy atom. The van der Waals surface area contributed by atoms with Crippen LogP contribution in [0.15, 0.2) is 29.2 Å². The predicted molar refractivity (Wildman–Crippen MR) is 83.4 cm³/mol. The zero-order valence-corrected chi connectivity index (χ0v) is 13.7. The van der Waals surface area contributed by atoms with E-state index in [9.17, 15) is 13.2 Å². The lowest BCUT2D eigenvalue weighted by atomic mass is 10.2. The molecule has 0 aliphatic rings. The van der Waals surface area contributed by atoms with Crippen LogP contribution >= 0.6 is 12.4 Å². The first-order valence-electron chi connectivity index (χ1n) is 6.42. The minimum Gasteiger partial charge on any atom is -0.462 e. The summed E-state index contributed by atoms with van der Waals surface area (Å²) in [6.45, 7) is 3.10. The van der Waals surface area contributed by atoms with Crippen LogP contribution in [0.2, 0.25) is 0 Å². The van der Waals surface area contributed by atoms with E-state index in [1.54, 1.807) is 6.92 Å². The van der Waals surface area contributed by atoms with Crippen molar-refractivity contribution in [3.8, 4) is 0 Å². The van der Waals surface area contributed by atoms with Gasteiger partial charge in [-0.15, -0.1) is 12.4 Å². The van der Waals surface area contributed by atoms with Gasteiger partial charge in [0.15, 0.2) is 0 Å². The summed E-state index contributed by atoms with van der Waals surface area (Å²) in [7, 11) is -1.72. The van der Waals surface area contributed by atoms with Gasteiger partial charge in [-0.1, -0.05) is 0 Å². The zero-order chi connectivity index (χ0) is 15.0. The quantitative estimate of drug-likeness (QED) is 0.550. The molecule has 0 fully saturated rings. The first kappa shape index (κ1) is 19.9. The van der Waals surface area contributed by atoms with E-state index >= 15 is 0 Å². The standard InChI is InChI=1S/C13H20N2O4S.ClH/c1-3-19-13(16)11-5-7-12(8-6-11)20(17,18)15-10-4-9-14-2;/h5-8,14-15H,3-4,9-10H2,1-2H3;1H. The summed E-state index contributed by atoms with van der Waals surface area (Å²) in [4.78, 5) is 11.6. The molecule has 0 atom stereocenters. The lowest BCUT2D eigenvalue weighted by Gasteiger charge is -2.07. The number of sulfonamides is 1. The highest BCUT2D eigenvalue weighted by Crippen LogP contribution is 2.11. The van der Waals surface area contributed by atoms with E-state index in [0.717, 1.165) is 6.54 Å². The Morgan fingerprint density at radius 1 is 1.19 bits per heavy atom. The Morgan fingerprint density at radius 3 is 2.33 bits per heavy atom. The SMILES string of the molecule is CCOC(=O)c1ccc(S(=O)(=O)NCCCNC)cc1.Cl. The fourth-order valence-corrected chi connectivity index (χ4v) is 2.61. The normalized spacial score (nSPS) is 10.8. The molecule has 1 rings (SSSR count). The number of benzene rings is 1. The lowest BCUT2D eigenvalue weighted by molar-refractivity contribution is 0.0526. The smallest absolute Gasteiger partial charge is 0.338 e. The third-order valence-electron chi connectivity index (χ3n) is 2.57. The van der Waals surface area contributed by atoms with Gasteiger partial charge in [-0.2, -0.15) is 0 Å². The minimum absolute atomic E-state index is 0. The molecule has 8 heteroatoms. The Hall–Kier alpha value is -1.15. The van der Waals surface area contributed by atoms with Crippen LogP contribution in [0.3, 0.4) is 0 Å². The van der Waals surface area contributed by atoms with Crippen LogP contribution in [-0.4, -0.2) is 41.1 Å². The van der Waals surface area contributed by atoms with Gasteiger partial charge in [0.05, 0.1) is 17.1 Å². The second-order valence-electron chi connectivity index (χ2n) is 4.10. The van der Waals surface area contributed by atoms with Gasteiger partial charge in [-0.05, 0) is 51.2 Å². The molecule has 1 aromatic rings. The van der Waals surface area contributed by atoms with Crippen molar-refractivity contribution in [1.29, 1.82) is 0 Å². The number of halogens is 1. The van der Waals surface area contributed by atoms with Gasteiger partial charge in [0.2, 0.25) is 10.0 Å². The van der Waals surface area contributed by atoms with Gasteiger partial charge in [-0.25, -0.2) is 17.9 Å². The highest BCUT2D eigenvalue weighted by Gasteiger charge is 2.14. The van der Waals surface area contributed by atoms with Crippen molar-refractivity contribution >= 4 is 28.4 Å². The van der Waals surface area contributed by atoms with Crippen molar-refractivity contribution in [2.24, 2.45) is 0 Å². The van der Waals surface area contributed by atoms with Crippen molar-refractivity contribution in [3.63, 3.8) is 0 Å². The Bertz CT molecular complexity index is 532. The average molecular weight is 337 g/mol. The van der Waals surface area contributed by atoms with Crippen LogP contribution < -0.4 is 10.0 Å². The number of esters is 1. The Labute approximate surface area is 131 Å². The lowest BCUT2D eigenvalue weighted by Crippen LogP contribution is -2.26. The van der Waals surface area contributed by atoms with E-state index in [1.807, 2.05) is 7.05 Å². The highest BCUT2D eigenvalue weighted by molar-refractivity contribution is 7.89. The number of hydrogen-bond acceptors (Lipinski definition) is 5. The zero-order valence-electron chi connectivity index (χ0n) is 12.1. The van der Waals surface area contributed by atoms with Crippen LogP contribution in [0.4, 0.5) is 0 Å². The van der Waals surface area contributed by atoms with Crippen molar-refractivity contribution in [2.45, 2.75) is 18.2 Å². The molecule has 2 N–H and O–H groups in total. The van der Waals surface area contributed by atoms with Crippen molar-refractivity contribution < 1.29 is 17.9 Å². The fourth-order valence-electron chi connectivity index (χ4n) is 1.54. The molecular weight excluding hydrogens is 316 g/mol. The Kier molecular flexibility index (Phi) is 9.19. The molecule has 0 spiro atoms. The summed E-state index contributed by atoms with van der Waals surface area (Å²) in [5, 5.41) is 2.94. The monoisotopic (exact) mass is 336 g/mol. The van der Waals surface area contributed by atoms with Gasteiger partial charge < -0.3 is 10.1 Å². The maximum absolute atomic E-state index is 12.0. The summed E-state index contributed by atoms with van der Waals surface area (Å²) >= 11 is 0. The first-order valence-corrected chi connectivity index (χ1v) is 7.91. The number of hydrogen-bond donors (Lipinski definition) is 2. The molecule has 0 radical (unpaired) electrons. The van der Waals surface area contributed by atoms with Crippen LogP contribution in [0.25, 0.3) is 0 Å². The van der Waals surface area contributed by atoms with Crippen molar-refractivity contribution in [1.82, 2.24) is 10.0 Å². The van der Waals surface area contributed by atoms with Gasteiger partial charge in [-0.3, -0.25) is 0 Å². The van der Waals surface area contributed by atoms with Crippen LogP contribution in [-0.2, 0) is 14.8 Å². The summed E-state index contributed by atoms with van der Waals surface area (Å²) in [6, 6.07) is 5.68. The van der Waals surface area contributed by atoms with Gasteiger partial charge in [0.1, 0.15) is 0 Å². The maximum Gasteiger partial charge on any atom is 0.338 e. The first-order chi connectivity index (χ1) is 9.51. The summed E-state index contributed by atoms with van der Waals surface area (Å²) in [5.41, 5.74) is 0.334. The predicted octanol–water partition coefficient (Wildman–Crippen LogP) is 1.17. The summed E-state index contributed by atoms with van der Waals surface area (Å²) < 4.78 is 31.2. The second kappa shape index (κ2) is 9.73. The molecule has 0 saturated carbocycles. The molecule has 0 bridgehead atoms. The third kappa shape index (κ3) is 6.43. The van der Waals surface area contributed by atoms with E-state index in [-0.39, 0.29) is 23.9 Å². The molecule has 0 aliphatic heterocycles. The molecule has 0 aliphatic carbocycles. The maximum atomic E-state index is 12.0. The molecule has 0 saturated heterocycles. The highest BCUT2D eigenvalue weighted by atomic mass is 35.5. The van der Waals surface area contributed by atoms with Gasteiger partial charge >= 0.3 is 5.97 Å². The molecule has 0 heterocycles. The Balaban J connectivity index is 0.00000400. The minimum atomic E-state index is -3.53. The number of nitrogens with one attached hydrogen (secondary N) is 2. The van der Waals surface area contributed by atoms with Gasteiger partial charge in [0.25, 0.3) is 0 Å². The van der Waals surface area contributed by atoms with Gasteiger partial charge in [0, 0.05) is 6.54 Å². The van der Waals surface area contributed by atoms with Crippen molar-refractivity contribution in [2.75, 3.05) is 26.7 Å². The topological polar surface area (TPSA) is 84.5 Å². The summed E-state index contributed by atoms with van der Waals surface area (Å²) in [5.74, 6) is -0.460. The molecular formula is C13H21ClN2O4S. The second-order valence-corrected chi connectivity index (χ2v) is 5.87. The van der Waals surface area contributed by atoms with Crippen LogP contribution in [0.5, 0.6) is 0 Å². The van der Waals surface area contributed by atoms with Crippen molar-refractivity contribution in [3.05, 3.63) is 29.8 Å². The fraction of sp³-hybridized carbons (Fsp3) is 0.462. The largest absolute Gasteiger partial charge is 0.462 e. The molecule has 120 valence electrons. The van der Waals surface area contributed by atoms with E-state index in [1.165, 1.54) is 24.3 Å². The van der Waals surface area contributed by atoms with Crippen LogP contribution in [0.1, 0.15) is 23.7 Å². The van der Waals surface area contributed by atoms with E-state index < -0.39 is 16.0 Å². The molecule has 1 aromatic carbocycles. The summed E-state index contributed by atoms with van der Waals surface area (Å²) in [6.07, 6.45) is 0.705. The average Bonchev–Trinajstić information content (AvgIpc) is 2.44. The molecule has 0 unspecified atom stereocenters.